The maximum atomic E-state index is 10.9. The third-order valence-corrected chi connectivity index (χ3v) is 2.65. The second-order valence-corrected chi connectivity index (χ2v) is 3.84. The molecule has 1 N–H and O–H groups in total. The smallest absolute Gasteiger partial charge is 0.352 e. The van der Waals surface area contributed by atoms with Gasteiger partial charge >= 0.3 is 5.97 Å². The number of benzene rings is 1. The molecule has 82 valence electrons. The molecule has 3 nitrogen and oxygen atoms in total. The zero-order valence-corrected chi connectivity index (χ0v) is 9.27. The molecule has 0 aliphatic heterocycles. The molecule has 0 radical (unpaired) electrons. The molecule has 0 aliphatic carbocycles. The predicted octanol–water partition coefficient (Wildman–Crippen LogP) is 2.70. The number of aromatic nitrogens is 1. The molecule has 0 saturated heterocycles. The second kappa shape index (κ2) is 3.85. The number of aromatic carboxylic acids is 1. The summed E-state index contributed by atoms with van der Waals surface area (Å²) in [7, 11) is 1.76. The highest BCUT2D eigenvalue weighted by atomic mass is 16.4. The summed E-state index contributed by atoms with van der Waals surface area (Å²) in [5.74, 6) is -0.901. The van der Waals surface area contributed by atoms with Gasteiger partial charge in [0, 0.05) is 12.7 Å². The Kier molecular flexibility index (Phi) is 2.52. The molecule has 0 fully saturated rings. The Labute approximate surface area is 94.0 Å². The van der Waals surface area contributed by atoms with Gasteiger partial charge in [-0.3, -0.25) is 0 Å². The normalized spacial score (nSPS) is 10.4. The summed E-state index contributed by atoms with van der Waals surface area (Å²) in [5.41, 5.74) is 3.42. The first kappa shape index (κ1) is 10.5. The average Bonchev–Trinajstić information content (AvgIpc) is 2.60. The Hall–Kier alpha value is -2.03. The highest BCUT2D eigenvalue weighted by Gasteiger charge is 2.11. The maximum absolute atomic E-state index is 10.9. The van der Waals surface area contributed by atoms with Crippen LogP contribution in [0.2, 0.25) is 0 Å². The van der Waals surface area contributed by atoms with E-state index >= 15 is 0 Å². The number of hydrogen-bond donors (Lipinski definition) is 1. The Balaban J connectivity index is 2.53. The molecule has 0 amide bonds. The van der Waals surface area contributed by atoms with Crippen LogP contribution in [0.15, 0.2) is 36.4 Å². The van der Waals surface area contributed by atoms with Crippen molar-refractivity contribution in [2.45, 2.75) is 6.92 Å². The summed E-state index contributed by atoms with van der Waals surface area (Å²) >= 11 is 0. The van der Waals surface area contributed by atoms with Gasteiger partial charge in [-0.15, -0.1) is 0 Å². The van der Waals surface area contributed by atoms with Crippen molar-refractivity contribution in [2.75, 3.05) is 0 Å². The van der Waals surface area contributed by atoms with Crippen molar-refractivity contribution < 1.29 is 9.90 Å². The van der Waals surface area contributed by atoms with E-state index in [1.54, 1.807) is 17.7 Å². The van der Waals surface area contributed by atoms with Crippen molar-refractivity contribution in [1.82, 2.24) is 4.57 Å². The standard InChI is InChI=1S/C13H13NO2/c1-9-4-3-5-10(8-9)11-6-7-12(13(15)16)14(11)2/h3-8H,1-2H3,(H,15,16). The maximum Gasteiger partial charge on any atom is 0.352 e. The van der Waals surface area contributed by atoms with E-state index in [1.807, 2.05) is 37.3 Å². The monoisotopic (exact) mass is 215 g/mol. The highest BCUT2D eigenvalue weighted by Crippen LogP contribution is 2.22. The fourth-order valence-corrected chi connectivity index (χ4v) is 1.82. The lowest BCUT2D eigenvalue weighted by Crippen LogP contribution is -2.05. The summed E-state index contributed by atoms with van der Waals surface area (Å²) in [4.78, 5) is 10.9. The fourth-order valence-electron chi connectivity index (χ4n) is 1.82. The minimum Gasteiger partial charge on any atom is -0.477 e. The minimum atomic E-state index is -0.901. The van der Waals surface area contributed by atoms with Gasteiger partial charge in [-0.2, -0.15) is 0 Å². The zero-order chi connectivity index (χ0) is 11.7. The van der Waals surface area contributed by atoms with Crippen LogP contribution < -0.4 is 0 Å². The van der Waals surface area contributed by atoms with Crippen LogP contribution in [0.4, 0.5) is 0 Å². The van der Waals surface area contributed by atoms with Crippen LogP contribution in [0, 0.1) is 6.92 Å². The zero-order valence-electron chi connectivity index (χ0n) is 9.27. The molecular weight excluding hydrogens is 202 g/mol. The van der Waals surface area contributed by atoms with Crippen molar-refractivity contribution in [1.29, 1.82) is 0 Å². The number of nitrogens with zero attached hydrogens (tertiary/aromatic N) is 1. The number of aryl methyl sites for hydroxylation is 1. The summed E-state index contributed by atoms with van der Waals surface area (Å²) in [6, 6.07) is 11.5. The molecule has 0 atom stereocenters. The van der Waals surface area contributed by atoms with Crippen molar-refractivity contribution in [3.63, 3.8) is 0 Å². The Morgan fingerprint density at radius 1 is 1.25 bits per heavy atom. The molecule has 0 aliphatic rings. The van der Waals surface area contributed by atoms with Gasteiger partial charge in [0.05, 0.1) is 0 Å². The topological polar surface area (TPSA) is 42.2 Å². The fraction of sp³-hybridized carbons (Fsp3) is 0.154. The molecule has 16 heavy (non-hydrogen) atoms. The largest absolute Gasteiger partial charge is 0.477 e. The van der Waals surface area contributed by atoms with Gasteiger partial charge in [-0.25, -0.2) is 4.79 Å². The van der Waals surface area contributed by atoms with E-state index in [0.29, 0.717) is 5.69 Å². The number of rotatable bonds is 2. The molecule has 0 bridgehead atoms. The molecular formula is C13H13NO2. The van der Waals surface area contributed by atoms with Gasteiger partial charge < -0.3 is 9.67 Å². The highest BCUT2D eigenvalue weighted by molar-refractivity contribution is 5.87. The summed E-state index contributed by atoms with van der Waals surface area (Å²) in [6.45, 7) is 2.02. The third kappa shape index (κ3) is 1.72. The number of carbonyl (C=O) groups is 1. The van der Waals surface area contributed by atoms with Gasteiger partial charge in [-0.05, 0) is 30.7 Å². The van der Waals surface area contributed by atoms with Crippen LogP contribution in [0.3, 0.4) is 0 Å². The first-order valence-corrected chi connectivity index (χ1v) is 5.05. The molecule has 2 aromatic rings. The first-order chi connectivity index (χ1) is 7.59. The van der Waals surface area contributed by atoms with Crippen LogP contribution >= 0.6 is 0 Å². The molecule has 1 aromatic carbocycles. The van der Waals surface area contributed by atoms with Crippen LogP contribution in [0.1, 0.15) is 16.1 Å². The molecule has 3 heteroatoms. The summed E-state index contributed by atoms with van der Waals surface area (Å²) in [6.07, 6.45) is 0. The predicted molar refractivity (Wildman–Crippen MR) is 62.5 cm³/mol. The van der Waals surface area contributed by atoms with Gasteiger partial charge in [0.25, 0.3) is 0 Å². The molecule has 2 rings (SSSR count). The third-order valence-electron chi connectivity index (χ3n) is 2.65. The van der Waals surface area contributed by atoms with E-state index in [9.17, 15) is 4.79 Å². The molecule has 1 heterocycles. The van der Waals surface area contributed by atoms with Crippen LogP contribution in [-0.4, -0.2) is 15.6 Å². The molecule has 0 spiro atoms. The van der Waals surface area contributed by atoms with Crippen molar-refractivity contribution >= 4 is 5.97 Å². The summed E-state index contributed by atoms with van der Waals surface area (Å²) < 4.78 is 1.69. The van der Waals surface area contributed by atoms with Gasteiger partial charge in [0.1, 0.15) is 5.69 Å². The van der Waals surface area contributed by atoms with E-state index in [4.69, 9.17) is 5.11 Å². The number of hydrogen-bond acceptors (Lipinski definition) is 1. The van der Waals surface area contributed by atoms with Gasteiger partial charge in [0.2, 0.25) is 0 Å². The van der Waals surface area contributed by atoms with E-state index in [2.05, 4.69) is 0 Å². The van der Waals surface area contributed by atoms with Crippen molar-refractivity contribution in [2.24, 2.45) is 7.05 Å². The quantitative estimate of drug-likeness (QED) is 0.836. The van der Waals surface area contributed by atoms with Gasteiger partial charge in [-0.1, -0.05) is 23.8 Å². The SMILES string of the molecule is Cc1cccc(-c2ccc(C(=O)O)n2C)c1. The average molecular weight is 215 g/mol. The van der Waals surface area contributed by atoms with E-state index in [0.717, 1.165) is 16.8 Å². The molecule has 0 saturated carbocycles. The Bertz CT molecular complexity index is 541. The lowest BCUT2D eigenvalue weighted by molar-refractivity contribution is 0.0687. The van der Waals surface area contributed by atoms with Crippen LogP contribution in [0.25, 0.3) is 11.3 Å². The molecule has 1 aromatic heterocycles. The molecule has 0 unspecified atom stereocenters. The lowest BCUT2D eigenvalue weighted by Gasteiger charge is -2.06. The van der Waals surface area contributed by atoms with Crippen molar-refractivity contribution in [3.05, 3.63) is 47.7 Å². The Morgan fingerprint density at radius 3 is 2.56 bits per heavy atom. The van der Waals surface area contributed by atoms with E-state index < -0.39 is 5.97 Å². The van der Waals surface area contributed by atoms with E-state index in [1.165, 1.54) is 0 Å². The van der Waals surface area contributed by atoms with Crippen LogP contribution in [-0.2, 0) is 7.05 Å². The first-order valence-electron chi connectivity index (χ1n) is 5.05. The van der Waals surface area contributed by atoms with E-state index in [-0.39, 0.29) is 0 Å². The summed E-state index contributed by atoms with van der Waals surface area (Å²) in [5, 5.41) is 8.96. The van der Waals surface area contributed by atoms with Crippen LogP contribution in [0.5, 0.6) is 0 Å². The minimum absolute atomic E-state index is 0.302. The van der Waals surface area contributed by atoms with Gasteiger partial charge in [0.15, 0.2) is 0 Å². The number of carboxylic acids is 1. The number of carboxylic acid groups (broad SMARTS) is 1. The lowest BCUT2D eigenvalue weighted by atomic mass is 10.1. The second-order valence-electron chi connectivity index (χ2n) is 3.84. The van der Waals surface area contributed by atoms with Crippen molar-refractivity contribution in [3.8, 4) is 11.3 Å². The Morgan fingerprint density at radius 2 is 2.00 bits per heavy atom.